The quantitative estimate of drug-likeness (QED) is 0.310. The standard InChI is InChI=1S/C20H12BrClN2O4/c21-13-6-8-17(15(10-13)19(25)12-4-2-1-3-5-12)23-20(26)16-11-14(22)7-9-18(16)24(27)28/h1-11H,(H,23,26). The number of ketones is 1. The summed E-state index contributed by atoms with van der Waals surface area (Å²) >= 11 is 9.21. The fourth-order valence-corrected chi connectivity index (χ4v) is 3.13. The van der Waals surface area contributed by atoms with Crippen molar-refractivity contribution in [3.8, 4) is 0 Å². The smallest absolute Gasteiger partial charge is 0.282 e. The van der Waals surface area contributed by atoms with E-state index in [4.69, 9.17) is 11.6 Å². The third-order valence-electron chi connectivity index (χ3n) is 3.91. The second-order valence-electron chi connectivity index (χ2n) is 5.76. The van der Waals surface area contributed by atoms with Crippen LogP contribution in [0.3, 0.4) is 0 Å². The highest BCUT2D eigenvalue weighted by molar-refractivity contribution is 9.10. The highest BCUT2D eigenvalue weighted by atomic mass is 79.9. The van der Waals surface area contributed by atoms with Gasteiger partial charge in [-0.1, -0.05) is 57.9 Å². The van der Waals surface area contributed by atoms with E-state index in [2.05, 4.69) is 21.2 Å². The maximum absolute atomic E-state index is 12.9. The minimum Gasteiger partial charge on any atom is -0.321 e. The highest BCUT2D eigenvalue weighted by Crippen LogP contribution is 2.27. The van der Waals surface area contributed by atoms with Crippen molar-refractivity contribution in [3.63, 3.8) is 0 Å². The molecule has 6 nitrogen and oxygen atoms in total. The fraction of sp³-hybridized carbons (Fsp3) is 0. The Kier molecular flexibility index (Phi) is 5.87. The monoisotopic (exact) mass is 458 g/mol. The molecule has 0 aliphatic carbocycles. The van der Waals surface area contributed by atoms with Gasteiger partial charge in [0.2, 0.25) is 0 Å². The molecule has 0 saturated carbocycles. The fourth-order valence-electron chi connectivity index (χ4n) is 2.60. The first-order chi connectivity index (χ1) is 13.4. The number of nitrogens with zero attached hydrogens (tertiary/aromatic N) is 1. The van der Waals surface area contributed by atoms with Gasteiger partial charge in [-0.25, -0.2) is 0 Å². The first-order valence-corrected chi connectivity index (χ1v) is 9.18. The molecule has 0 heterocycles. The number of anilines is 1. The van der Waals surface area contributed by atoms with Gasteiger partial charge in [0, 0.05) is 26.7 Å². The summed E-state index contributed by atoms with van der Waals surface area (Å²) in [5, 5.41) is 14.0. The lowest BCUT2D eigenvalue weighted by atomic mass is 10.0. The number of benzene rings is 3. The Hall–Kier alpha value is -3.03. The number of halogens is 2. The SMILES string of the molecule is O=C(c1ccccc1)c1cc(Br)ccc1NC(=O)c1cc(Cl)ccc1[N+](=O)[O-]. The van der Waals surface area contributed by atoms with Crippen LogP contribution in [0.4, 0.5) is 11.4 Å². The molecule has 3 rings (SSSR count). The van der Waals surface area contributed by atoms with Crippen LogP contribution in [0.15, 0.2) is 71.2 Å². The van der Waals surface area contributed by atoms with Crippen molar-refractivity contribution in [2.45, 2.75) is 0 Å². The van der Waals surface area contributed by atoms with Crippen LogP contribution in [0.1, 0.15) is 26.3 Å². The Bertz CT molecular complexity index is 1090. The van der Waals surface area contributed by atoms with Crippen LogP contribution < -0.4 is 5.32 Å². The van der Waals surface area contributed by atoms with Gasteiger partial charge in [0.15, 0.2) is 5.78 Å². The molecule has 28 heavy (non-hydrogen) atoms. The summed E-state index contributed by atoms with van der Waals surface area (Å²) < 4.78 is 0.651. The summed E-state index contributed by atoms with van der Waals surface area (Å²) in [5.41, 5.74) is 0.355. The molecule has 1 N–H and O–H groups in total. The number of hydrogen-bond acceptors (Lipinski definition) is 4. The van der Waals surface area contributed by atoms with Crippen molar-refractivity contribution in [1.29, 1.82) is 0 Å². The zero-order chi connectivity index (χ0) is 20.3. The van der Waals surface area contributed by atoms with Crippen LogP contribution in [0.25, 0.3) is 0 Å². The maximum atomic E-state index is 12.9. The van der Waals surface area contributed by atoms with E-state index in [0.717, 1.165) is 6.07 Å². The molecule has 1 amide bonds. The number of nitro benzene ring substituents is 1. The molecule has 140 valence electrons. The van der Waals surface area contributed by atoms with Crippen LogP contribution >= 0.6 is 27.5 Å². The van der Waals surface area contributed by atoms with Gasteiger partial charge in [0.25, 0.3) is 11.6 Å². The lowest BCUT2D eigenvalue weighted by Crippen LogP contribution is -2.16. The van der Waals surface area contributed by atoms with Gasteiger partial charge in [-0.2, -0.15) is 0 Å². The molecule has 0 aromatic heterocycles. The number of rotatable bonds is 5. The van der Waals surface area contributed by atoms with Gasteiger partial charge in [0.05, 0.1) is 10.6 Å². The number of carbonyl (C=O) groups is 2. The van der Waals surface area contributed by atoms with E-state index < -0.39 is 10.8 Å². The Labute approximate surface area is 173 Å². The van der Waals surface area contributed by atoms with Crippen molar-refractivity contribution in [2.24, 2.45) is 0 Å². The van der Waals surface area contributed by atoms with Crippen molar-refractivity contribution in [1.82, 2.24) is 0 Å². The van der Waals surface area contributed by atoms with Crippen molar-refractivity contribution in [3.05, 3.63) is 103 Å². The average Bonchev–Trinajstić information content (AvgIpc) is 2.69. The van der Waals surface area contributed by atoms with Crippen LogP contribution in [0.5, 0.6) is 0 Å². The molecule has 0 fully saturated rings. The average molecular weight is 460 g/mol. The number of amides is 1. The van der Waals surface area contributed by atoms with E-state index in [1.165, 1.54) is 12.1 Å². The zero-order valence-corrected chi connectivity index (χ0v) is 16.5. The molecule has 0 aliphatic heterocycles. The lowest BCUT2D eigenvalue weighted by Gasteiger charge is -2.12. The summed E-state index contributed by atoms with van der Waals surface area (Å²) in [6.45, 7) is 0. The predicted molar refractivity (Wildman–Crippen MR) is 110 cm³/mol. The van der Waals surface area contributed by atoms with Crippen LogP contribution in [0.2, 0.25) is 5.02 Å². The number of hydrogen-bond donors (Lipinski definition) is 1. The third kappa shape index (κ3) is 4.27. The number of carbonyl (C=O) groups excluding carboxylic acids is 2. The van der Waals surface area contributed by atoms with E-state index in [1.807, 2.05) is 0 Å². The number of nitrogens with one attached hydrogen (secondary N) is 1. The van der Waals surface area contributed by atoms with E-state index in [1.54, 1.807) is 48.5 Å². The summed E-state index contributed by atoms with van der Waals surface area (Å²) in [5.74, 6) is -1.03. The largest absolute Gasteiger partial charge is 0.321 e. The van der Waals surface area contributed by atoms with Crippen LogP contribution in [0, 0.1) is 10.1 Å². The highest BCUT2D eigenvalue weighted by Gasteiger charge is 2.22. The van der Waals surface area contributed by atoms with Crippen molar-refractivity contribution >= 4 is 50.6 Å². The van der Waals surface area contributed by atoms with Crippen molar-refractivity contribution < 1.29 is 14.5 Å². The molecule has 0 spiro atoms. The second-order valence-corrected chi connectivity index (χ2v) is 7.11. The van der Waals surface area contributed by atoms with Gasteiger partial charge in [-0.15, -0.1) is 0 Å². The number of nitro groups is 1. The summed E-state index contributed by atoms with van der Waals surface area (Å²) in [6, 6.07) is 17.1. The second kappa shape index (κ2) is 8.33. The Morgan fingerprint density at radius 1 is 0.964 bits per heavy atom. The molecule has 3 aromatic rings. The minimum absolute atomic E-state index is 0.187. The van der Waals surface area contributed by atoms with Gasteiger partial charge >= 0.3 is 0 Å². The predicted octanol–water partition coefficient (Wildman–Crippen LogP) is 5.49. The van der Waals surface area contributed by atoms with Crippen LogP contribution in [-0.2, 0) is 0 Å². The Balaban J connectivity index is 2.00. The van der Waals surface area contributed by atoms with E-state index in [9.17, 15) is 19.7 Å². The van der Waals surface area contributed by atoms with Gasteiger partial charge in [0.1, 0.15) is 5.56 Å². The first kappa shape index (κ1) is 19.7. The maximum Gasteiger partial charge on any atom is 0.282 e. The minimum atomic E-state index is -0.737. The first-order valence-electron chi connectivity index (χ1n) is 8.01. The van der Waals surface area contributed by atoms with E-state index >= 15 is 0 Å². The molecule has 0 saturated heterocycles. The molecule has 0 aliphatic rings. The molecular formula is C20H12BrClN2O4. The van der Waals surface area contributed by atoms with Gasteiger partial charge in [-0.05, 0) is 30.3 Å². The third-order valence-corrected chi connectivity index (χ3v) is 4.64. The summed E-state index contributed by atoms with van der Waals surface area (Å²) in [4.78, 5) is 36.1. The van der Waals surface area contributed by atoms with Gasteiger partial charge in [-0.3, -0.25) is 19.7 Å². The normalized spacial score (nSPS) is 10.4. The Morgan fingerprint density at radius 2 is 1.68 bits per heavy atom. The molecule has 0 bridgehead atoms. The molecule has 8 heteroatoms. The lowest BCUT2D eigenvalue weighted by molar-refractivity contribution is -0.385. The van der Waals surface area contributed by atoms with E-state index in [0.29, 0.717) is 10.0 Å². The molecular weight excluding hydrogens is 448 g/mol. The summed E-state index contributed by atoms with van der Waals surface area (Å²) in [6.07, 6.45) is 0. The van der Waals surface area contributed by atoms with Gasteiger partial charge < -0.3 is 5.32 Å². The zero-order valence-electron chi connectivity index (χ0n) is 14.2. The molecule has 0 unspecified atom stereocenters. The van der Waals surface area contributed by atoms with Crippen LogP contribution in [-0.4, -0.2) is 16.6 Å². The van der Waals surface area contributed by atoms with Crippen molar-refractivity contribution in [2.75, 3.05) is 5.32 Å². The molecule has 3 aromatic carbocycles. The Morgan fingerprint density at radius 3 is 2.36 bits per heavy atom. The topological polar surface area (TPSA) is 89.3 Å². The molecule has 0 radical (unpaired) electrons. The van der Waals surface area contributed by atoms with E-state index in [-0.39, 0.29) is 33.3 Å². The summed E-state index contributed by atoms with van der Waals surface area (Å²) in [7, 11) is 0. The molecule has 0 atom stereocenters.